The SMILES string of the molecule is CCNC(=NCc1cn(C)nc1C(F)(F)F)NCc1ccc(F)cc1CSC. The maximum atomic E-state index is 13.5. The highest BCUT2D eigenvalue weighted by atomic mass is 32.2. The van der Waals surface area contributed by atoms with Crippen LogP contribution in [0.2, 0.25) is 0 Å². The Morgan fingerprint density at radius 2 is 1.96 bits per heavy atom. The summed E-state index contributed by atoms with van der Waals surface area (Å²) in [6.07, 6.45) is -1.29. The van der Waals surface area contributed by atoms with E-state index in [4.69, 9.17) is 0 Å². The number of nitrogens with zero attached hydrogens (tertiary/aromatic N) is 3. The smallest absolute Gasteiger partial charge is 0.357 e. The zero-order chi connectivity index (χ0) is 20.7. The number of aromatic nitrogens is 2. The van der Waals surface area contributed by atoms with Crippen molar-refractivity contribution in [2.45, 2.75) is 31.9 Å². The van der Waals surface area contributed by atoms with E-state index in [0.717, 1.165) is 15.8 Å². The van der Waals surface area contributed by atoms with Crippen LogP contribution in [-0.4, -0.2) is 28.5 Å². The van der Waals surface area contributed by atoms with Gasteiger partial charge in [-0.3, -0.25) is 4.68 Å². The summed E-state index contributed by atoms with van der Waals surface area (Å²) >= 11 is 1.58. The van der Waals surface area contributed by atoms with Crippen LogP contribution in [0, 0.1) is 5.82 Å². The molecule has 154 valence electrons. The molecule has 10 heteroatoms. The van der Waals surface area contributed by atoms with Crippen molar-refractivity contribution in [3.8, 4) is 0 Å². The molecule has 0 saturated carbocycles. The molecule has 2 aromatic rings. The van der Waals surface area contributed by atoms with Gasteiger partial charge in [-0.15, -0.1) is 0 Å². The summed E-state index contributed by atoms with van der Waals surface area (Å²) in [6, 6.07) is 4.57. The van der Waals surface area contributed by atoms with E-state index in [9.17, 15) is 17.6 Å². The first kappa shape index (κ1) is 22.1. The van der Waals surface area contributed by atoms with Crippen molar-refractivity contribution in [3.05, 3.63) is 52.6 Å². The van der Waals surface area contributed by atoms with Gasteiger partial charge >= 0.3 is 6.18 Å². The first-order chi connectivity index (χ1) is 13.2. The summed E-state index contributed by atoms with van der Waals surface area (Å²) in [4.78, 5) is 4.24. The Labute approximate surface area is 165 Å². The largest absolute Gasteiger partial charge is 0.435 e. The lowest BCUT2D eigenvalue weighted by molar-refractivity contribution is -0.142. The molecule has 0 fully saturated rings. The number of aryl methyl sites for hydroxylation is 1. The number of aliphatic imine (C=N–C) groups is 1. The second-order valence-electron chi connectivity index (χ2n) is 6.07. The highest BCUT2D eigenvalue weighted by Gasteiger charge is 2.36. The molecule has 0 bridgehead atoms. The first-order valence-corrected chi connectivity index (χ1v) is 10.0. The van der Waals surface area contributed by atoms with Crippen molar-refractivity contribution < 1.29 is 17.6 Å². The van der Waals surface area contributed by atoms with E-state index in [1.807, 2.05) is 13.2 Å². The number of rotatable bonds is 7. The number of alkyl halides is 3. The van der Waals surface area contributed by atoms with E-state index in [-0.39, 0.29) is 17.9 Å². The summed E-state index contributed by atoms with van der Waals surface area (Å²) in [5.74, 6) is 0.733. The van der Waals surface area contributed by atoms with Crippen LogP contribution in [-0.2, 0) is 32.1 Å². The average Bonchev–Trinajstić information content (AvgIpc) is 3.00. The molecule has 1 aromatic heterocycles. The number of thioether (sulfide) groups is 1. The standard InChI is InChI=1S/C18H23F4N5S/c1-4-23-17(24-8-12-5-6-15(19)7-13(12)11-28-3)25-9-14-10-27(2)26-16(14)18(20,21)22/h5-7,10H,4,8-9,11H2,1-3H3,(H2,23,24,25). The van der Waals surface area contributed by atoms with Crippen LogP contribution in [0.15, 0.2) is 29.4 Å². The minimum Gasteiger partial charge on any atom is -0.357 e. The number of halogens is 4. The van der Waals surface area contributed by atoms with Crippen molar-refractivity contribution in [3.63, 3.8) is 0 Å². The van der Waals surface area contributed by atoms with Crippen LogP contribution in [0.1, 0.15) is 29.3 Å². The van der Waals surface area contributed by atoms with Crippen LogP contribution in [0.5, 0.6) is 0 Å². The monoisotopic (exact) mass is 417 g/mol. The Hall–Kier alpha value is -2.23. The van der Waals surface area contributed by atoms with E-state index in [1.165, 1.54) is 25.4 Å². The van der Waals surface area contributed by atoms with Gasteiger partial charge < -0.3 is 10.6 Å². The molecule has 0 unspecified atom stereocenters. The number of guanidine groups is 1. The van der Waals surface area contributed by atoms with Gasteiger partial charge in [-0.25, -0.2) is 9.38 Å². The molecule has 5 nitrogen and oxygen atoms in total. The second kappa shape index (κ2) is 9.81. The third-order valence-electron chi connectivity index (χ3n) is 3.84. The highest BCUT2D eigenvalue weighted by molar-refractivity contribution is 7.97. The van der Waals surface area contributed by atoms with Crippen molar-refractivity contribution in [2.75, 3.05) is 12.8 Å². The molecule has 0 amide bonds. The fourth-order valence-electron chi connectivity index (χ4n) is 2.63. The van der Waals surface area contributed by atoms with Gasteiger partial charge in [0, 0.05) is 37.7 Å². The van der Waals surface area contributed by atoms with Gasteiger partial charge in [-0.05, 0) is 36.4 Å². The minimum absolute atomic E-state index is 0.00272. The quantitative estimate of drug-likeness (QED) is 0.410. The summed E-state index contributed by atoms with van der Waals surface area (Å²) in [6.45, 7) is 2.62. The van der Waals surface area contributed by atoms with Gasteiger partial charge in [0.2, 0.25) is 0 Å². The molecule has 1 heterocycles. The Bertz CT molecular complexity index is 817. The molecular formula is C18H23F4N5S. The third-order valence-corrected chi connectivity index (χ3v) is 4.44. The van der Waals surface area contributed by atoms with Crippen molar-refractivity contribution in [1.29, 1.82) is 0 Å². The fraction of sp³-hybridized carbons (Fsp3) is 0.444. The van der Waals surface area contributed by atoms with Crippen LogP contribution < -0.4 is 10.6 Å². The molecule has 1 aromatic carbocycles. The van der Waals surface area contributed by atoms with Gasteiger partial charge in [0.25, 0.3) is 0 Å². The third kappa shape index (κ3) is 6.15. The summed E-state index contributed by atoms with van der Waals surface area (Å²) in [5, 5.41) is 9.57. The highest BCUT2D eigenvalue weighted by Crippen LogP contribution is 2.30. The predicted octanol–water partition coefficient (Wildman–Crippen LogP) is 3.70. The first-order valence-electron chi connectivity index (χ1n) is 8.62. The lowest BCUT2D eigenvalue weighted by atomic mass is 10.1. The molecule has 2 N–H and O–H groups in total. The van der Waals surface area contributed by atoms with Gasteiger partial charge in [0.1, 0.15) is 5.82 Å². The van der Waals surface area contributed by atoms with Gasteiger partial charge in [-0.2, -0.15) is 30.0 Å². The molecule has 0 atom stereocenters. The van der Waals surface area contributed by atoms with E-state index in [1.54, 1.807) is 17.8 Å². The van der Waals surface area contributed by atoms with Crippen molar-refractivity contribution >= 4 is 17.7 Å². The molecule has 0 saturated heterocycles. The van der Waals surface area contributed by atoms with E-state index < -0.39 is 11.9 Å². The van der Waals surface area contributed by atoms with E-state index in [2.05, 4.69) is 20.7 Å². The molecule has 0 spiro atoms. The van der Waals surface area contributed by atoms with Gasteiger partial charge in [-0.1, -0.05) is 6.07 Å². The maximum absolute atomic E-state index is 13.5. The average molecular weight is 417 g/mol. The van der Waals surface area contributed by atoms with Crippen LogP contribution in [0.3, 0.4) is 0 Å². The zero-order valence-electron chi connectivity index (χ0n) is 15.9. The lowest BCUT2D eigenvalue weighted by Gasteiger charge is -2.14. The summed E-state index contributed by atoms with van der Waals surface area (Å²) in [7, 11) is 1.44. The van der Waals surface area contributed by atoms with Crippen LogP contribution >= 0.6 is 11.8 Å². The summed E-state index contributed by atoms with van der Waals surface area (Å²) < 4.78 is 53.8. The molecule has 0 aliphatic heterocycles. The van der Waals surface area contributed by atoms with E-state index in [0.29, 0.717) is 24.8 Å². The van der Waals surface area contributed by atoms with E-state index >= 15 is 0 Å². The maximum Gasteiger partial charge on any atom is 0.435 e. The topological polar surface area (TPSA) is 54.2 Å². The predicted molar refractivity (Wildman–Crippen MR) is 103 cm³/mol. The van der Waals surface area contributed by atoms with Crippen LogP contribution in [0.25, 0.3) is 0 Å². The Morgan fingerprint density at radius 3 is 2.61 bits per heavy atom. The van der Waals surface area contributed by atoms with Gasteiger partial charge in [0.05, 0.1) is 6.54 Å². The number of hydrogen-bond acceptors (Lipinski definition) is 3. The fourth-order valence-corrected chi connectivity index (χ4v) is 3.21. The molecule has 0 aliphatic rings. The molecule has 0 aliphatic carbocycles. The Morgan fingerprint density at radius 1 is 1.21 bits per heavy atom. The minimum atomic E-state index is -4.53. The zero-order valence-corrected chi connectivity index (χ0v) is 16.7. The van der Waals surface area contributed by atoms with Crippen molar-refractivity contribution in [2.24, 2.45) is 12.0 Å². The molecular weight excluding hydrogens is 394 g/mol. The number of hydrogen-bond donors (Lipinski definition) is 2. The van der Waals surface area contributed by atoms with Crippen molar-refractivity contribution in [1.82, 2.24) is 20.4 Å². The Kier molecular flexibility index (Phi) is 7.73. The normalized spacial score (nSPS) is 12.3. The van der Waals surface area contributed by atoms with Gasteiger partial charge in [0.15, 0.2) is 11.7 Å². The number of benzene rings is 1. The summed E-state index contributed by atoms with van der Waals surface area (Å²) in [5.41, 5.74) is 0.827. The molecule has 28 heavy (non-hydrogen) atoms. The second-order valence-corrected chi connectivity index (χ2v) is 6.94. The lowest BCUT2D eigenvalue weighted by Crippen LogP contribution is -2.37. The molecule has 0 radical (unpaired) electrons. The molecule has 2 rings (SSSR count). The Balaban J connectivity index is 2.14. The number of nitrogens with one attached hydrogen (secondary N) is 2. The van der Waals surface area contributed by atoms with Crippen LogP contribution in [0.4, 0.5) is 17.6 Å².